The lowest BCUT2D eigenvalue weighted by Crippen LogP contribution is -2.29. The van der Waals surface area contributed by atoms with Crippen molar-refractivity contribution in [3.63, 3.8) is 0 Å². The summed E-state index contributed by atoms with van der Waals surface area (Å²) in [5.41, 5.74) is 0.374. The van der Waals surface area contributed by atoms with Gasteiger partial charge in [-0.05, 0) is 32.9 Å². The highest BCUT2D eigenvalue weighted by Crippen LogP contribution is 2.35. The third-order valence-electron chi connectivity index (χ3n) is 2.60. The number of aliphatic hydroxyl groups excluding tert-OH is 1. The van der Waals surface area contributed by atoms with Gasteiger partial charge < -0.3 is 20.5 Å². The maximum Gasteiger partial charge on any atom is 0.333 e. The summed E-state index contributed by atoms with van der Waals surface area (Å²) in [6.45, 7) is 6.93. The van der Waals surface area contributed by atoms with Crippen LogP contribution >= 0.6 is 0 Å². The Hall–Kier alpha value is -1.86. The van der Waals surface area contributed by atoms with E-state index in [0.29, 0.717) is 25.3 Å². The molecule has 118 valence electrons. The van der Waals surface area contributed by atoms with Crippen LogP contribution < -0.4 is 15.4 Å². The number of nitro groups is 1. The Bertz CT molecular complexity index is 464. The quantitative estimate of drug-likeness (QED) is 0.365. The van der Waals surface area contributed by atoms with Gasteiger partial charge in [0.05, 0.1) is 17.1 Å². The summed E-state index contributed by atoms with van der Waals surface area (Å²) < 4.78 is 5.48. The molecule has 0 amide bonds. The molecule has 0 fully saturated rings. The number of nitrogens with zero attached hydrogens (tertiary/aromatic N) is 1. The number of nitro benzene ring substituents is 1. The number of anilines is 1. The van der Waals surface area contributed by atoms with E-state index in [2.05, 4.69) is 10.6 Å². The topological polar surface area (TPSA) is 96.7 Å². The van der Waals surface area contributed by atoms with E-state index in [9.17, 15) is 10.1 Å². The summed E-state index contributed by atoms with van der Waals surface area (Å²) in [5, 5.41) is 26.4. The van der Waals surface area contributed by atoms with Crippen LogP contribution in [0.1, 0.15) is 20.8 Å². The van der Waals surface area contributed by atoms with E-state index in [1.54, 1.807) is 25.1 Å². The second kappa shape index (κ2) is 8.43. The highest BCUT2D eigenvalue weighted by molar-refractivity contribution is 5.68. The monoisotopic (exact) mass is 297 g/mol. The standard InChI is InChI=1S/C14H23N3O4/c1-10(2)21-13-6-4-5-12(14(13)17(19)20)16-8-7-15-9-11(3)18/h4-6,10-11,15-16,18H,7-9H2,1-3H3. The fourth-order valence-electron chi connectivity index (χ4n) is 1.80. The lowest BCUT2D eigenvalue weighted by Gasteiger charge is -2.13. The molecule has 0 bridgehead atoms. The van der Waals surface area contributed by atoms with E-state index in [4.69, 9.17) is 9.84 Å². The molecule has 0 saturated heterocycles. The lowest BCUT2D eigenvalue weighted by atomic mass is 10.2. The van der Waals surface area contributed by atoms with Crippen LogP contribution in [-0.4, -0.2) is 41.9 Å². The molecule has 0 aliphatic rings. The fraction of sp³-hybridized carbons (Fsp3) is 0.571. The molecule has 1 aromatic carbocycles. The Morgan fingerprint density at radius 2 is 2.05 bits per heavy atom. The third kappa shape index (κ3) is 5.97. The minimum absolute atomic E-state index is 0.0540. The van der Waals surface area contributed by atoms with Crippen molar-refractivity contribution in [1.29, 1.82) is 0 Å². The maximum atomic E-state index is 11.2. The van der Waals surface area contributed by atoms with Gasteiger partial charge in [-0.25, -0.2) is 0 Å². The molecular formula is C14H23N3O4. The number of benzene rings is 1. The normalized spacial score (nSPS) is 12.2. The van der Waals surface area contributed by atoms with Gasteiger partial charge in [-0.15, -0.1) is 0 Å². The van der Waals surface area contributed by atoms with Crippen LogP contribution in [0.5, 0.6) is 5.75 Å². The number of ether oxygens (including phenoxy) is 1. The van der Waals surface area contributed by atoms with Crippen molar-refractivity contribution in [3.8, 4) is 5.75 Å². The summed E-state index contributed by atoms with van der Waals surface area (Å²) in [6, 6.07) is 4.96. The number of rotatable bonds is 9. The first-order chi connectivity index (χ1) is 9.91. The van der Waals surface area contributed by atoms with Crippen molar-refractivity contribution >= 4 is 11.4 Å². The Morgan fingerprint density at radius 3 is 2.62 bits per heavy atom. The molecule has 21 heavy (non-hydrogen) atoms. The van der Waals surface area contributed by atoms with E-state index >= 15 is 0 Å². The second-order valence-corrected chi connectivity index (χ2v) is 5.06. The highest BCUT2D eigenvalue weighted by atomic mass is 16.6. The lowest BCUT2D eigenvalue weighted by molar-refractivity contribution is -0.385. The summed E-state index contributed by atoms with van der Waals surface area (Å²) in [6.07, 6.45) is -0.547. The van der Waals surface area contributed by atoms with Gasteiger partial charge in [0.25, 0.3) is 0 Å². The molecule has 0 saturated carbocycles. The number of para-hydroxylation sites is 1. The van der Waals surface area contributed by atoms with Crippen molar-refractivity contribution in [2.75, 3.05) is 25.0 Å². The van der Waals surface area contributed by atoms with Crippen molar-refractivity contribution in [1.82, 2.24) is 5.32 Å². The Balaban J connectivity index is 2.70. The van der Waals surface area contributed by atoms with Crippen molar-refractivity contribution < 1.29 is 14.8 Å². The van der Waals surface area contributed by atoms with E-state index in [1.807, 2.05) is 13.8 Å². The second-order valence-electron chi connectivity index (χ2n) is 5.06. The smallest absolute Gasteiger partial charge is 0.333 e. The molecule has 3 N–H and O–H groups in total. The molecule has 0 aliphatic carbocycles. The zero-order valence-electron chi connectivity index (χ0n) is 12.6. The number of hydrogen-bond donors (Lipinski definition) is 3. The van der Waals surface area contributed by atoms with Gasteiger partial charge in [0.1, 0.15) is 5.69 Å². The molecule has 1 unspecified atom stereocenters. The molecule has 1 aromatic rings. The van der Waals surface area contributed by atoms with Gasteiger partial charge in [-0.1, -0.05) is 6.07 Å². The Labute approximate surface area is 124 Å². The first-order valence-electron chi connectivity index (χ1n) is 6.98. The molecule has 7 nitrogen and oxygen atoms in total. The van der Waals surface area contributed by atoms with Crippen LogP contribution in [-0.2, 0) is 0 Å². The average Bonchev–Trinajstić information content (AvgIpc) is 2.36. The SMILES string of the molecule is CC(O)CNCCNc1cccc(OC(C)C)c1[N+](=O)[O-]. The van der Waals surface area contributed by atoms with Gasteiger partial charge in [-0.3, -0.25) is 10.1 Å². The summed E-state index contributed by atoms with van der Waals surface area (Å²) in [4.78, 5) is 10.8. The molecule has 1 atom stereocenters. The highest BCUT2D eigenvalue weighted by Gasteiger charge is 2.21. The summed E-state index contributed by atoms with van der Waals surface area (Å²) >= 11 is 0. The average molecular weight is 297 g/mol. The molecular weight excluding hydrogens is 274 g/mol. The van der Waals surface area contributed by atoms with Gasteiger partial charge in [0, 0.05) is 19.6 Å². The Kier molecular flexibility index (Phi) is 6.90. The predicted molar refractivity (Wildman–Crippen MR) is 81.9 cm³/mol. The van der Waals surface area contributed by atoms with E-state index in [1.165, 1.54) is 0 Å². The molecule has 7 heteroatoms. The van der Waals surface area contributed by atoms with Gasteiger partial charge in [0.2, 0.25) is 0 Å². The first-order valence-corrected chi connectivity index (χ1v) is 6.98. The minimum atomic E-state index is -0.441. The van der Waals surface area contributed by atoms with Gasteiger partial charge >= 0.3 is 5.69 Å². The number of aliphatic hydroxyl groups is 1. The summed E-state index contributed by atoms with van der Waals surface area (Å²) in [7, 11) is 0. The van der Waals surface area contributed by atoms with Crippen LogP contribution in [0.25, 0.3) is 0 Å². The van der Waals surface area contributed by atoms with E-state index in [0.717, 1.165) is 0 Å². The van der Waals surface area contributed by atoms with Crippen molar-refractivity contribution in [2.24, 2.45) is 0 Å². The zero-order chi connectivity index (χ0) is 15.8. The van der Waals surface area contributed by atoms with Gasteiger partial charge in [0.15, 0.2) is 5.75 Å². The van der Waals surface area contributed by atoms with Crippen LogP contribution in [0.15, 0.2) is 18.2 Å². The van der Waals surface area contributed by atoms with Crippen molar-refractivity contribution in [2.45, 2.75) is 33.0 Å². The van der Waals surface area contributed by atoms with Crippen LogP contribution in [0.4, 0.5) is 11.4 Å². The minimum Gasteiger partial charge on any atom is -0.484 e. The van der Waals surface area contributed by atoms with E-state index in [-0.39, 0.29) is 17.5 Å². The van der Waals surface area contributed by atoms with Crippen LogP contribution in [0.3, 0.4) is 0 Å². The number of hydrogen-bond acceptors (Lipinski definition) is 6. The molecule has 0 radical (unpaired) electrons. The maximum absolute atomic E-state index is 11.2. The molecule has 0 aromatic heterocycles. The predicted octanol–water partition coefficient (Wildman–Crippen LogP) is 1.76. The Morgan fingerprint density at radius 1 is 1.33 bits per heavy atom. The largest absolute Gasteiger partial charge is 0.484 e. The first kappa shape index (κ1) is 17.2. The molecule has 0 spiro atoms. The number of nitrogens with one attached hydrogen (secondary N) is 2. The van der Waals surface area contributed by atoms with E-state index < -0.39 is 11.0 Å². The third-order valence-corrected chi connectivity index (χ3v) is 2.60. The molecule has 0 aliphatic heterocycles. The van der Waals surface area contributed by atoms with Crippen molar-refractivity contribution in [3.05, 3.63) is 28.3 Å². The molecule has 1 rings (SSSR count). The fourth-order valence-corrected chi connectivity index (χ4v) is 1.80. The zero-order valence-corrected chi connectivity index (χ0v) is 12.6. The summed E-state index contributed by atoms with van der Waals surface area (Å²) in [5.74, 6) is 0.261. The molecule has 0 heterocycles. The van der Waals surface area contributed by atoms with Crippen LogP contribution in [0, 0.1) is 10.1 Å². The van der Waals surface area contributed by atoms with Gasteiger partial charge in [-0.2, -0.15) is 0 Å². The van der Waals surface area contributed by atoms with Crippen LogP contribution in [0.2, 0.25) is 0 Å².